The van der Waals surface area contributed by atoms with Gasteiger partial charge in [0.1, 0.15) is 0 Å². The normalized spacial score (nSPS) is 51.3. The van der Waals surface area contributed by atoms with Crippen molar-refractivity contribution in [2.45, 2.75) is 110 Å². The monoisotopic (exact) mass is 452 g/mol. The van der Waals surface area contributed by atoms with E-state index in [9.17, 15) is 25.5 Å². The van der Waals surface area contributed by atoms with E-state index in [0.29, 0.717) is 36.0 Å². The molecule has 0 saturated heterocycles. The smallest absolute Gasteiger partial charge is 0.0602 e. The number of rotatable bonds is 6. The highest BCUT2D eigenvalue weighted by atomic mass is 16.3. The molecular formula is C27H48O5. The molecule has 5 nitrogen and oxygen atoms in total. The van der Waals surface area contributed by atoms with E-state index < -0.39 is 6.10 Å². The summed E-state index contributed by atoms with van der Waals surface area (Å²) in [4.78, 5) is 0. The fourth-order valence-electron chi connectivity index (χ4n) is 9.17. The van der Waals surface area contributed by atoms with Crippen LogP contribution in [0.25, 0.3) is 0 Å². The first-order valence-electron chi connectivity index (χ1n) is 13.4. The van der Waals surface area contributed by atoms with Crippen molar-refractivity contribution in [1.82, 2.24) is 0 Å². The molecule has 4 aliphatic carbocycles. The van der Waals surface area contributed by atoms with Gasteiger partial charge in [-0.1, -0.05) is 27.7 Å². The van der Waals surface area contributed by atoms with Gasteiger partial charge in [0.2, 0.25) is 0 Å². The average Bonchev–Trinajstić information content (AvgIpc) is 3.11. The van der Waals surface area contributed by atoms with Crippen molar-refractivity contribution in [3.63, 3.8) is 0 Å². The van der Waals surface area contributed by atoms with Crippen molar-refractivity contribution in [3.8, 4) is 0 Å². The van der Waals surface area contributed by atoms with Gasteiger partial charge in [-0.3, -0.25) is 0 Å². The summed E-state index contributed by atoms with van der Waals surface area (Å²) < 4.78 is 0. The van der Waals surface area contributed by atoms with E-state index in [2.05, 4.69) is 20.8 Å². The quantitative estimate of drug-likeness (QED) is 0.425. The molecule has 5 heteroatoms. The van der Waals surface area contributed by atoms with Gasteiger partial charge in [-0.15, -0.1) is 0 Å². The predicted molar refractivity (Wildman–Crippen MR) is 125 cm³/mol. The van der Waals surface area contributed by atoms with Crippen LogP contribution in [-0.4, -0.2) is 56.6 Å². The highest BCUT2D eigenvalue weighted by Crippen LogP contribution is 2.68. The molecule has 32 heavy (non-hydrogen) atoms. The van der Waals surface area contributed by atoms with E-state index in [4.69, 9.17) is 0 Å². The van der Waals surface area contributed by atoms with Gasteiger partial charge >= 0.3 is 0 Å². The summed E-state index contributed by atoms with van der Waals surface area (Å²) in [5.74, 6) is 1.96. The summed E-state index contributed by atoms with van der Waals surface area (Å²) in [5.41, 5.74) is -0.0772. The lowest BCUT2D eigenvalue weighted by Gasteiger charge is -2.63. The molecule has 0 amide bonds. The van der Waals surface area contributed by atoms with Gasteiger partial charge in [-0.2, -0.15) is 0 Å². The lowest BCUT2D eigenvalue weighted by molar-refractivity contribution is -0.207. The molecule has 0 aliphatic heterocycles. The first-order valence-corrected chi connectivity index (χ1v) is 13.4. The Morgan fingerprint density at radius 3 is 2.31 bits per heavy atom. The molecule has 0 aromatic heterocycles. The molecular weight excluding hydrogens is 404 g/mol. The summed E-state index contributed by atoms with van der Waals surface area (Å²) >= 11 is 0. The van der Waals surface area contributed by atoms with Gasteiger partial charge in [0.05, 0.1) is 24.4 Å². The van der Waals surface area contributed by atoms with Gasteiger partial charge in [-0.05, 0) is 104 Å². The first-order chi connectivity index (χ1) is 15.0. The Kier molecular flexibility index (Phi) is 7.09. The van der Waals surface area contributed by atoms with Crippen LogP contribution in [0.2, 0.25) is 0 Å². The van der Waals surface area contributed by atoms with Crippen LogP contribution in [0.15, 0.2) is 0 Å². The van der Waals surface area contributed by atoms with E-state index in [1.165, 1.54) is 0 Å². The maximum atomic E-state index is 11.6. The average molecular weight is 453 g/mol. The van der Waals surface area contributed by atoms with Gasteiger partial charge in [0.15, 0.2) is 0 Å². The minimum atomic E-state index is -0.480. The Bertz CT molecular complexity index is 656. The summed E-state index contributed by atoms with van der Waals surface area (Å²) in [6, 6.07) is 0. The number of fused-ring (bicyclic) bond motifs is 5. The number of aliphatic hydroxyl groups is 5. The molecule has 186 valence electrons. The van der Waals surface area contributed by atoms with Crippen molar-refractivity contribution >= 4 is 0 Å². The maximum absolute atomic E-state index is 11.6. The molecule has 0 bridgehead atoms. The lowest BCUT2D eigenvalue weighted by atomic mass is 9.43. The van der Waals surface area contributed by atoms with Crippen LogP contribution < -0.4 is 0 Å². The third-order valence-electron chi connectivity index (χ3n) is 11.4. The molecule has 13 atom stereocenters. The van der Waals surface area contributed by atoms with Gasteiger partial charge in [0, 0.05) is 12.5 Å². The Balaban J connectivity index is 1.53. The fraction of sp³-hybridized carbons (Fsp3) is 1.00. The first kappa shape index (κ1) is 24.9. The minimum absolute atomic E-state index is 0.00915. The topological polar surface area (TPSA) is 101 Å². The molecule has 0 spiro atoms. The maximum Gasteiger partial charge on any atom is 0.0602 e. The Labute approximate surface area is 194 Å². The van der Waals surface area contributed by atoms with Crippen LogP contribution in [0, 0.1) is 52.3 Å². The molecule has 0 aromatic rings. The van der Waals surface area contributed by atoms with E-state index in [-0.39, 0.29) is 47.6 Å². The lowest BCUT2D eigenvalue weighted by Crippen LogP contribution is -2.62. The zero-order valence-electron chi connectivity index (χ0n) is 20.7. The minimum Gasteiger partial charge on any atom is -0.396 e. The summed E-state index contributed by atoms with van der Waals surface area (Å²) in [6.45, 7) is 8.82. The van der Waals surface area contributed by atoms with Crippen molar-refractivity contribution in [1.29, 1.82) is 0 Å². The predicted octanol–water partition coefficient (Wildman–Crippen LogP) is 3.35. The second-order valence-corrected chi connectivity index (χ2v) is 12.8. The van der Waals surface area contributed by atoms with E-state index in [1.807, 2.05) is 6.92 Å². The molecule has 4 rings (SSSR count). The number of hydrogen-bond acceptors (Lipinski definition) is 5. The Hall–Kier alpha value is -0.200. The van der Waals surface area contributed by atoms with Crippen molar-refractivity contribution in [3.05, 3.63) is 0 Å². The zero-order chi connectivity index (χ0) is 23.4. The largest absolute Gasteiger partial charge is 0.396 e. The molecule has 5 N–H and O–H groups in total. The molecule has 6 unspecified atom stereocenters. The van der Waals surface area contributed by atoms with Gasteiger partial charge in [0.25, 0.3) is 0 Å². The fourth-order valence-corrected chi connectivity index (χ4v) is 9.17. The van der Waals surface area contributed by atoms with Crippen LogP contribution in [0.3, 0.4) is 0 Å². The Morgan fingerprint density at radius 1 is 0.906 bits per heavy atom. The molecule has 0 radical (unpaired) electrons. The van der Waals surface area contributed by atoms with E-state index in [1.54, 1.807) is 0 Å². The van der Waals surface area contributed by atoms with Crippen molar-refractivity contribution < 1.29 is 25.5 Å². The zero-order valence-corrected chi connectivity index (χ0v) is 20.7. The number of aliphatic hydroxyl groups excluding tert-OH is 5. The van der Waals surface area contributed by atoms with Gasteiger partial charge < -0.3 is 25.5 Å². The summed E-state index contributed by atoms with van der Waals surface area (Å²) in [6.07, 6.45) is 6.54. The third-order valence-corrected chi connectivity index (χ3v) is 11.4. The van der Waals surface area contributed by atoms with Crippen LogP contribution in [-0.2, 0) is 0 Å². The molecule has 4 fully saturated rings. The number of hydrogen-bond donors (Lipinski definition) is 5. The van der Waals surface area contributed by atoms with Crippen molar-refractivity contribution in [2.75, 3.05) is 6.61 Å². The highest BCUT2D eigenvalue weighted by Gasteiger charge is 2.65. The van der Waals surface area contributed by atoms with Crippen LogP contribution in [0.4, 0.5) is 0 Å². The molecule has 0 aromatic carbocycles. The summed E-state index contributed by atoms with van der Waals surface area (Å²) in [7, 11) is 0. The van der Waals surface area contributed by atoms with Crippen LogP contribution in [0.1, 0.15) is 85.5 Å². The second-order valence-electron chi connectivity index (χ2n) is 12.8. The van der Waals surface area contributed by atoms with E-state index >= 15 is 0 Å². The highest BCUT2D eigenvalue weighted by molar-refractivity contribution is 5.14. The van der Waals surface area contributed by atoms with Crippen LogP contribution >= 0.6 is 0 Å². The van der Waals surface area contributed by atoms with Crippen LogP contribution in [0.5, 0.6) is 0 Å². The SMILES string of the molecule is CC(CO)C(O)CC[C@@H](C)[C@H]1CC[C@H]2[C@@H]3C(O)CC4CC(O)CC[C@]4(C)[C@H]3CC(O)[C@]12C. The van der Waals surface area contributed by atoms with Crippen molar-refractivity contribution in [2.24, 2.45) is 52.3 Å². The van der Waals surface area contributed by atoms with Gasteiger partial charge in [-0.25, -0.2) is 0 Å². The molecule has 4 aliphatic rings. The summed E-state index contributed by atoms with van der Waals surface area (Å²) in [5, 5.41) is 52.9. The standard InChI is InChI=1S/C27H48O5/c1-15(5-8-22(30)16(2)14-28)19-6-7-20-25-21(13-24(32)27(19,20)4)26(3)10-9-18(29)11-17(26)12-23(25)31/h15-25,28-32H,5-14H2,1-4H3/t15-,16?,17?,18?,19-,20+,21+,22?,23?,24?,25+,26+,27-/m1/s1. The molecule has 4 saturated carbocycles. The Morgan fingerprint density at radius 2 is 1.62 bits per heavy atom. The molecule has 0 heterocycles. The second kappa shape index (κ2) is 9.11. The van der Waals surface area contributed by atoms with E-state index in [0.717, 1.165) is 51.4 Å². The third kappa shape index (κ3) is 3.88.